The lowest BCUT2D eigenvalue weighted by atomic mass is 9.75. The second-order valence-corrected chi connectivity index (χ2v) is 9.68. The van der Waals surface area contributed by atoms with E-state index in [2.05, 4.69) is 5.32 Å². The van der Waals surface area contributed by atoms with Gasteiger partial charge in [0.1, 0.15) is 11.6 Å². The predicted octanol–water partition coefficient (Wildman–Crippen LogP) is 1.44. The number of thiophene rings is 1. The normalized spacial score (nSPS) is 20.1. The molecule has 1 aromatic heterocycles. The van der Waals surface area contributed by atoms with Gasteiger partial charge in [-0.25, -0.2) is 0 Å². The topological polar surface area (TPSA) is 116 Å². The maximum atomic E-state index is 13.0. The molecular weight excluding hydrogens is 422 g/mol. The van der Waals surface area contributed by atoms with Gasteiger partial charge in [-0.1, -0.05) is 6.07 Å². The number of likely N-dealkylation sites (N-methyl/N-ethyl adjacent to an activating group) is 1. The Morgan fingerprint density at radius 1 is 1.39 bits per heavy atom. The van der Waals surface area contributed by atoms with Crippen molar-refractivity contribution >= 4 is 35.6 Å². The summed E-state index contributed by atoms with van der Waals surface area (Å²) in [6, 6.07) is 3.55. The number of piperidine rings is 1. The first-order chi connectivity index (χ1) is 14.5. The number of esters is 1. The van der Waals surface area contributed by atoms with Gasteiger partial charge < -0.3 is 25.0 Å². The van der Waals surface area contributed by atoms with Crippen LogP contribution in [0.15, 0.2) is 17.5 Å². The Hall–Kier alpha value is -2.46. The third kappa shape index (κ3) is 6.04. The molecule has 2 fully saturated rings. The molecule has 3 heterocycles. The molecule has 1 unspecified atom stereocenters. The van der Waals surface area contributed by atoms with Crippen LogP contribution in [-0.4, -0.2) is 84.5 Å². The second kappa shape index (κ2) is 10.2. The molecule has 0 radical (unpaired) electrons. The van der Waals surface area contributed by atoms with Crippen LogP contribution in [0.1, 0.15) is 42.8 Å². The molecule has 31 heavy (non-hydrogen) atoms. The van der Waals surface area contributed by atoms with Crippen LogP contribution in [0.5, 0.6) is 0 Å². The summed E-state index contributed by atoms with van der Waals surface area (Å²) in [5.74, 6) is -0.493. The maximum absolute atomic E-state index is 13.0. The summed E-state index contributed by atoms with van der Waals surface area (Å²) in [6.07, 6.45) is 1.85. The number of cyclic esters (lactones) is 1. The van der Waals surface area contributed by atoms with E-state index in [1.165, 1.54) is 11.3 Å². The summed E-state index contributed by atoms with van der Waals surface area (Å²) in [6.45, 7) is 4.92. The second-order valence-electron chi connectivity index (χ2n) is 8.73. The van der Waals surface area contributed by atoms with E-state index in [1.54, 1.807) is 24.8 Å². The van der Waals surface area contributed by atoms with Crippen molar-refractivity contribution in [3.05, 3.63) is 22.4 Å². The largest absolute Gasteiger partial charge is 0.483 e. The molecule has 1 aromatic rings. The third-order valence-corrected chi connectivity index (χ3v) is 6.48. The van der Waals surface area contributed by atoms with Crippen LogP contribution < -0.4 is 5.32 Å². The molecule has 172 valence electrons. The van der Waals surface area contributed by atoms with Crippen LogP contribution >= 0.6 is 11.3 Å². The van der Waals surface area contributed by atoms with E-state index >= 15 is 0 Å². The highest BCUT2D eigenvalue weighted by Gasteiger charge is 2.51. The summed E-state index contributed by atoms with van der Waals surface area (Å²) < 4.78 is 5.58. The lowest BCUT2D eigenvalue weighted by Gasteiger charge is -2.40. The summed E-state index contributed by atoms with van der Waals surface area (Å²) >= 11 is 1.34. The van der Waals surface area contributed by atoms with E-state index in [0.717, 1.165) is 6.54 Å². The van der Waals surface area contributed by atoms with Gasteiger partial charge >= 0.3 is 5.97 Å². The molecule has 2 N–H and O–H groups in total. The van der Waals surface area contributed by atoms with E-state index in [1.807, 2.05) is 30.4 Å². The highest BCUT2D eigenvalue weighted by molar-refractivity contribution is 7.12. The van der Waals surface area contributed by atoms with Crippen LogP contribution in [0.3, 0.4) is 0 Å². The molecule has 1 atom stereocenters. The molecule has 0 aromatic carbocycles. The van der Waals surface area contributed by atoms with Crippen molar-refractivity contribution in [1.82, 2.24) is 15.1 Å². The molecule has 2 aliphatic heterocycles. The number of carbonyl (C=O) groups is 4. The molecule has 1 spiro atoms. The molecule has 0 bridgehead atoms. The van der Waals surface area contributed by atoms with E-state index in [9.17, 15) is 14.4 Å². The highest BCUT2D eigenvalue weighted by Crippen LogP contribution is 2.43. The van der Waals surface area contributed by atoms with Gasteiger partial charge in [-0.2, -0.15) is 0 Å². The Labute approximate surface area is 186 Å². The SMILES string of the molecule is CN(C)CC1CC2(CCN(C(=O)C(C)(C)NC(=O)c3cccs3)CC2)C(=O)O1.O=CO. The van der Waals surface area contributed by atoms with Crippen molar-refractivity contribution in [3.63, 3.8) is 0 Å². The Bertz CT molecular complexity index is 785. The quantitative estimate of drug-likeness (QED) is 0.512. The number of carboxylic acid groups (broad SMARTS) is 1. The summed E-state index contributed by atoms with van der Waals surface area (Å²) in [4.78, 5) is 50.6. The Kier molecular flexibility index (Phi) is 8.19. The lowest BCUT2D eigenvalue weighted by Crippen LogP contribution is -2.58. The minimum Gasteiger partial charge on any atom is -0.483 e. The molecule has 10 heteroatoms. The van der Waals surface area contributed by atoms with Gasteiger partial charge in [-0.05, 0) is 52.2 Å². The van der Waals surface area contributed by atoms with Gasteiger partial charge in [-0.3, -0.25) is 19.2 Å². The maximum Gasteiger partial charge on any atom is 0.312 e. The van der Waals surface area contributed by atoms with Crippen molar-refractivity contribution in [2.45, 2.75) is 44.8 Å². The molecule has 2 aliphatic rings. The molecule has 2 saturated heterocycles. The van der Waals surface area contributed by atoms with Gasteiger partial charge in [0.2, 0.25) is 5.91 Å². The zero-order valence-electron chi connectivity index (χ0n) is 18.4. The fourth-order valence-corrected chi connectivity index (χ4v) is 4.71. The smallest absolute Gasteiger partial charge is 0.312 e. The number of nitrogens with one attached hydrogen (secondary N) is 1. The molecule has 9 nitrogen and oxygen atoms in total. The van der Waals surface area contributed by atoms with Gasteiger partial charge in [0, 0.05) is 26.1 Å². The van der Waals surface area contributed by atoms with Crippen molar-refractivity contribution in [2.24, 2.45) is 5.41 Å². The predicted molar refractivity (Wildman–Crippen MR) is 116 cm³/mol. The number of carbonyl (C=O) groups excluding carboxylic acids is 3. The van der Waals surface area contributed by atoms with Gasteiger partial charge in [0.05, 0.1) is 10.3 Å². The Morgan fingerprint density at radius 3 is 2.52 bits per heavy atom. The third-order valence-electron chi connectivity index (χ3n) is 5.61. The highest BCUT2D eigenvalue weighted by atomic mass is 32.1. The Balaban J connectivity index is 0.00000107. The first-order valence-electron chi connectivity index (χ1n) is 10.1. The average molecular weight is 454 g/mol. The van der Waals surface area contributed by atoms with Crippen LogP contribution in [0.4, 0.5) is 0 Å². The molecule has 0 aliphatic carbocycles. The number of amides is 2. The summed E-state index contributed by atoms with van der Waals surface area (Å²) in [5, 5.41) is 11.6. The fraction of sp³-hybridized carbons (Fsp3) is 0.619. The lowest BCUT2D eigenvalue weighted by molar-refractivity contribution is -0.153. The molecular formula is C21H31N3O6S. The van der Waals surface area contributed by atoms with E-state index < -0.39 is 11.0 Å². The zero-order valence-corrected chi connectivity index (χ0v) is 19.2. The van der Waals surface area contributed by atoms with Crippen LogP contribution in [0.2, 0.25) is 0 Å². The molecule has 3 rings (SSSR count). The van der Waals surface area contributed by atoms with Crippen LogP contribution in [0.25, 0.3) is 0 Å². The van der Waals surface area contributed by atoms with Crippen molar-refractivity contribution < 1.29 is 29.0 Å². The van der Waals surface area contributed by atoms with E-state index in [4.69, 9.17) is 14.6 Å². The van der Waals surface area contributed by atoms with E-state index in [0.29, 0.717) is 37.2 Å². The number of rotatable bonds is 5. The van der Waals surface area contributed by atoms with Gasteiger partial charge in [-0.15, -0.1) is 11.3 Å². The number of ether oxygens (including phenoxy) is 1. The van der Waals surface area contributed by atoms with Gasteiger partial charge in [0.25, 0.3) is 12.4 Å². The molecule has 2 amide bonds. The summed E-state index contributed by atoms with van der Waals surface area (Å²) in [7, 11) is 3.93. The van der Waals surface area contributed by atoms with Gasteiger partial charge in [0.15, 0.2) is 0 Å². The summed E-state index contributed by atoms with van der Waals surface area (Å²) in [5.41, 5.74) is -1.48. The van der Waals surface area contributed by atoms with Crippen molar-refractivity contribution in [3.8, 4) is 0 Å². The number of hydrogen-bond donors (Lipinski definition) is 2. The molecule has 0 saturated carbocycles. The van der Waals surface area contributed by atoms with Crippen LogP contribution in [0, 0.1) is 5.41 Å². The number of nitrogens with zero attached hydrogens (tertiary/aromatic N) is 2. The monoisotopic (exact) mass is 453 g/mol. The first-order valence-corrected chi connectivity index (χ1v) is 11.0. The first kappa shape index (κ1) is 24.8. The van der Waals surface area contributed by atoms with Crippen LogP contribution in [-0.2, 0) is 19.1 Å². The fourth-order valence-electron chi connectivity index (χ4n) is 4.09. The van der Waals surface area contributed by atoms with E-state index in [-0.39, 0.29) is 30.4 Å². The number of likely N-dealkylation sites (tertiary alicyclic amines) is 1. The van der Waals surface area contributed by atoms with Crippen molar-refractivity contribution in [2.75, 3.05) is 33.7 Å². The average Bonchev–Trinajstić information content (AvgIpc) is 3.31. The Morgan fingerprint density at radius 2 is 2.00 bits per heavy atom. The minimum atomic E-state index is -1.00. The number of hydrogen-bond acceptors (Lipinski definition) is 7. The zero-order chi connectivity index (χ0) is 23.2. The standard InChI is InChI=1S/C20H29N3O4S.CH2O2/c1-19(2,21-16(24)15-6-5-11-28-15)17(25)23-9-7-20(8-10-23)12-14(13-22(3)4)27-18(20)26;2-1-3/h5-6,11,14H,7-10,12-13H2,1-4H3,(H,21,24);1H,(H,2,3). The minimum absolute atomic E-state index is 0.0775. The van der Waals surface area contributed by atoms with Crippen molar-refractivity contribution in [1.29, 1.82) is 0 Å².